The maximum absolute atomic E-state index is 11.7. The molecule has 0 radical (unpaired) electrons. The zero-order valence-electron chi connectivity index (χ0n) is 13.9. The third-order valence-electron chi connectivity index (χ3n) is 4.61. The van der Waals surface area contributed by atoms with Crippen molar-refractivity contribution in [1.82, 2.24) is 9.80 Å². The van der Waals surface area contributed by atoms with Gasteiger partial charge in [0.2, 0.25) is 0 Å². The number of nitrogens with two attached hydrogens (primary N) is 1. The highest BCUT2D eigenvalue weighted by Gasteiger charge is 2.41. The molecule has 2 aliphatic heterocycles. The van der Waals surface area contributed by atoms with Gasteiger partial charge in [0, 0.05) is 32.7 Å². The first-order valence-electron chi connectivity index (χ1n) is 8.08. The Bertz CT molecular complexity index is 450. The highest BCUT2D eigenvalue weighted by Crippen LogP contribution is 2.26. The molecule has 0 spiro atoms. The number of nitrogens with zero attached hydrogens (tertiary/aromatic N) is 2. The molecule has 0 aliphatic carbocycles. The third kappa shape index (κ3) is 4.33. The van der Waals surface area contributed by atoms with Gasteiger partial charge in [-0.1, -0.05) is 0 Å². The largest absolute Gasteiger partial charge is 0.450 e. The fourth-order valence-corrected chi connectivity index (χ4v) is 3.13. The van der Waals surface area contributed by atoms with Crippen LogP contribution in [0.3, 0.4) is 0 Å². The van der Waals surface area contributed by atoms with Gasteiger partial charge < -0.3 is 25.2 Å². The molecule has 2 fully saturated rings. The van der Waals surface area contributed by atoms with E-state index in [0.717, 1.165) is 0 Å². The van der Waals surface area contributed by atoms with Gasteiger partial charge in [0.1, 0.15) is 0 Å². The van der Waals surface area contributed by atoms with Gasteiger partial charge in [-0.3, -0.25) is 9.69 Å². The van der Waals surface area contributed by atoms with Crippen LogP contribution in [0.1, 0.15) is 26.7 Å². The molecule has 2 rings (SSSR count). The van der Waals surface area contributed by atoms with Crippen LogP contribution in [0.4, 0.5) is 4.79 Å². The quantitative estimate of drug-likeness (QED) is 0.723. The molecule has 2 saturated heterocycles. The molecule has 0 aromatic heterocycles. The summed E-state index contributed by atoms with van der Waals surface area (Å²) in [6.45, 7) is 6.58. The van der Waals surface area contributed by atoms with Crippen molar-refractivity contribution < 1.29 is 24.2 Å². The minimum Gasteiger partial charge on any atom is -0.450 e. The number of aliphatic hydroxyl groups is 1. The fourth-order valence-electron chi connectivity index (χ4n) is 3.13. The van der Waals surface area contributed by atoms with Gasteiger partial charge >= 0.3 is 6.09 Å². The number of carbonyl (C=O) groups is 2. The number of carbonyl (C=O) groups excluding carboxylic acids is 2. The predicted molar refractivity (Wildman–Crippen MR) is 82.8 cm³/mol. The summed E-state index contributed by atoms with van der Waals surface area (Å²) in [7, 11) is 0. The molecule has 23 heavy (non-hydrogen) atoms. The molecule has 2 aliphatic rings. The lowest BCUT2D eigenvalue weighted by Gasteiger charge is -2.44. The topological polar surface area (TPSA) is 105 Å². The van der Waals surface area contributed by atoms with Gasteiger partial charge in [0.15, 0.2) is 5.60 Å². The van der Waals surface area contributed by atoms with E-state index in [1.807, 2.05) is 4.90 Å². The molecule has 2 amide bonds. The highest BCUT2D eigenvalue weighted by molar-refractivity contribution is 5.83. The van der Waals surface area contributed by atoms with Crippen LogP contribution >= 0.6 is 0 Å². The van der Waals surface area contributed by atoms with Crippen molar-refractivity contribution in [3.05, 3.63) is 0 Å². The minimum absolute atomic E-state index is 0.331. The molecule has 8 nitrogen and oxygen atoms in total. The Morgan fingerprint density at radius 1 is 1.30 bits per heavy atom. The first-order valence-corrected chi connectivity index (χ1v) is 8.08. The summed E-state index contributed by atoms with van der Waals surface area (Å²) in [5.41, 5.74) is 3.51. The van der Waals surface area contributed by atoms with Crippen molar-refractivity contribution in [3.8, 4) is 0 Å². The van der Waals surface area contributed by atoms with E-state index in [9.17, 15) is 14.7 Å². The Hall–Kier alpha value is -1.38. The monoisotopic (exact) mass is 329 g/mol. The van der Waals surface area contributed by atoms with Gasteiger partial charge in [-0.25, -0.2) is 4.79 Å². The van der Waals surface area contributed by atoms with E-state index in [-0.39, 0.29) is 6.09 Å². The standard InChI is InChI=1S/C15H27N3O5/c1-3-22-13(20)18-6-4-15(21,5-7-18)11-17-8-9-23-14(2,10-17)12(16)19/h21H,3-11H2,1-2H3,(H2,16,19)/t14-/m0/s1. The SMILES string of the molecule is CCOC(=O)N1CCC(O)(CN2CCO[C@](C)(C(N)=O)C2)CC1. The maximum atomic E-state index is 11.7. The van der Waals surface area contributed by atoms with Crippen molar-refractivity contribution in [2.45, 2.75) is 37.9 Å². The van der Waals surface area contributed by atoms with Crippen molar-refractivity contribution >= 4 is 12.0 Å². The van der Waals surface area contributed by atoms with Crippen molar-refractivity contribution in [3.63, 3.8) is 0 Å². The van der Waals surface area contributed by atoms with Crippen LogP contribution in [0.5, 0.6) is 0 Å². The molecule has 0 unspecified atom stereocenters. The molecule has 2 heterocycles. The molecule has 0 aromatic rings. The first kappa shape index (κ1) is 18.0. The van der Waals surface area contributed by atoms with E-state index < -0.39 is 17.1 Å². The van der Waals surface area contributed by atoms with E-state index >= 15 is 0 Å². The number of hydrogen-bond acceptors (Lipinski definition) is 6. The van der Waals surface area contributed by atoms with Crippen LogP contribution in [0.2, 0.25) is 0 Å². The van der Waals surface area contributed by atoms with Crippen LogP contribution in [-0.4, -0.2) is 84.0 Å². The van der Waals surface area contributed by atoms with E-state index in [2.05, 4.69) is 0 Å². The lowest BCUT2D eigenvalue weighted by molar-refractivity contribution is -0.157. The Morgan fingerprint density at radius 2 is 1.96 bits per heavy atom. The Kier molecular flexibility index (Phi) is 5.49. The summed E-state index contributed by atoms with van der Waals surface area (Å²) in [6, 6.07) is 0. The van der Waals surface area contributed by atoms with E-state index in [1.165, 1.54) is 0 Å². The zero-order valence-corrected chi connectivity index (χ0v) is 13.9. The molecule has 0 bridgehead atoms. The third-order valence-corrected chi connectivity index (χ3v) is 4.61. The molecular weight excluding hydrogens is 302 g/mol. The average Bonchev–Trinajstić information content (AvgIpc) is 2.47. The summed E-state index contributed by atoms with van der Waals surface area (Å²) in [6.07, 6.45) is 0.634. The summed E-state index contributed by atoms with van der Waals surface area (Å²) in [5.74, 6) is -0.494. The lowest BCUT2D eigenvalue weighted by Crippen LogP contribution is -2.60. The summed E-state index contributed by atoms with van der Waals surface area (Å²) in [4.78, 5) is 26.9. The van der Waals surface area contributed by atoms with E-state index in [1.54, 1.807) is 18.7 Å². The maximum Gasteiger partial charge on any atom is 0.409 e. The van der Waals surface area contributed by atoms with Gasteiger partial charge in [-0.2, -0.15) is 0 Å². The Morgan fingerprint density at radius 3 is 2.52 bits per heavy atom. The molecule has 8 heteroatoms. The fraction of sp³-hybridized carbons (Fsp3) is 0.867. The van der Waals surface area contributed by atoms with Crippen LogP contribution in [-0.2, 0) is 14.3 Å². The smallest absolute Gasteiger partial charge is 0.409 e. The highest BCUT2D eigenvalue weighted by atomic mass is 16.6. The second-order valence-electron chi connectivity index (χ2n) is 6.56. The second-order valence-corrected chi connectivity index (χ2v) is 6.56. The number of morpholine rings is 1. The molecule has 132 valence electrons. The Balaban J connectivity index is 1.88. The van der Waals surface area contributed by atoms with Crippen LogP contribution in [0.15, 0.2) is 0 Å². The van der Waals surface area contributed by atoms with E-state index in [0.29, 0.717) is 58.8 Å². The number of piperidine rings is 1. The summed E-state index contributed by atoms with van der Waals surface area (Å²) < 4.78 is 10.5. The number of ether oxygens (including phenoxy) is 2. The Labute approximate surface area is 136 Å². The van der Waals surface area contributed by atoms with Crippen LogP contribution < -0.4 is 5.73 Å². The van der Waals surface area contributed by atoms with Crippen molar-refractivity contribution in [2.24, 2.45) is 5.73 Å². The molecule has 0 aromatic carbocycles. The van der Waals surface area contributed by atoms with Crippen LogP contribution in [0, 0.1) is 0 Å². The van der Waals surface area contributed by atoms with Gasteiger partial charge in [0.05, 0.1) is 18.8 Å². The average molecular weight is 329 g/mol. The number of hydrogen-bond donors (Lipinski definition) is 2. The molecule has 1 atom stereocenters. The van der Waals surface area contributed by atoms with Gasteiger partial charge in [0.25, 0.3) is 5.91 Å². The van der Waals surface area contributed by atoms with Crippen molar-refractivity contribution in [2.75, 3.05) is 45.9 Å². The lowest BCUT2D eigenvalue weighted by atomic mass is 9.90. The van der Waals surface area contributed by atoms with Crippen molar-refractivity contribution in [1.29, 1.82) is 0 Å². The second kappa shape index (κ2) is 7.02. The van der Waals surface area contributed by atoms with Gasteiger partial charge in [-0.15, -0.1) is 0 Å². The molecule has 3 N–H and O–H groups in total. The molecule has 0 saturated carbocycles. The normalized spacial score (nSPS) is 28.4. The predicted octanol–water partition coefficient (Wildman–Crippen LogP) is -0.454. The number of β-amino-alcohol motifs (C(OH)–C–C–N with tert-alkyl or cyclic N) is 1. The zero-order chi connectivity index (χ0) is 17.1. The first-order chi connectivity index (χ1) is 10.8. The number of primary amides is 1. The minimum atomic E-state index is -1.01. The van der Waals surface area contributed by atoms with Crippen LogP contribution in [0.25, 0.3) is 0 Å². The molecular formula is C15H27N3O5. The van der Waals surface area contributed by atoms with E-state index in [4.69, 9.17) is 15.2 Å². The van der Waals surface area contributed by atoms with Gasteiger partial charge in [-0.05, 0) is 26.7 Å². The summed E-state index contributed by atoms with van der Waals surface area (Å²) >= 11 is 0. The number of amides is 2. The number of rotatable bonds is 4. The number of likely N-dealkylation sites (tertiary alicyclic amines) is 1. The summed E-state index contributed by atoms with van der Waals surface area (Å²) in [5, 5.41) is 10.8.